The molecule has 1 aliphatic heterocycles. The molecule has 5 nitrogen and oxygen atoms in total. The summed E-state index contributed by atoms with van der Waals surface area (Å²) in [5.41, 5.74) is 3.43. The van der Waals surface area contributed by atoms with Crippen molar-refractivity contribution in [2.24, 2.45) is 0 Å². The number of hydrogen-bond donors (Lipinski definition) is 0. The molecule has 1 unspecified atom stereocenters. The van der Waals surface area contributed by atoms with Gasteiger partial charge in [0.25, 0.3) is 0 Å². The Bertz CT molecular complexity index is 990. The van der Waals surface area contributed by atoms with Gasteiger partial charge in [0, 0.05) is 12.7 Å². The van der Waals surface area contributed by atoms with Crippen molar-refractivity contribution in [3.63, 3.8) is 0 Å². The summed E-state index contributed by atoms with van der Waals surface area (Å²) in [7, 11) is 1.36. The van der Waals surface area contributed by atoms with Gasteiger partial charge in [-0.2, -0.15) is 0 Å². The summed E-state index contributed by atoms with van der Waals surface area (Å²) in [6, 6.07) is 10.0. The minimum atomic E-state index is -0.390. The molecule has 0 bridgehead atoms. The van der Waals surface area contributed by atoms with Gasteiger partial charge in [-0.15, -0.1) is 0 Å². The summed E-state index contributed by atoms with van der Waals surface area (Å²) >= 11 is 0. The fourth-order valence-corrected chi connectivity index (χ4v) is 3.52. The molecule has 3 aromatic rings. The zero-order chi connectivity index (χ0) is 18.3. The molecular formula is C20H19FN2O3. The number of nitrogens with zero attached hydrogens (tertiary/aromatic N) is 2. The van der Waals surface area contributed by atoms with Crippen molar-refractivity contribution in [3.8, 4) is 5.69 Å². The van der Waals surface area contributed by atoms with E-state index in [2.05, 4.69) is 4.98 Å². The molecule has 134 valence electrons. The summed E-state index contributed by atoms with van der Waals surface area (Å²) in [5, 5.41) is 0. The highest BCUT2D eigenvalue weighted by Crippen LogP contribution is 2.34. The van der Waals surface area contributed by atoms with Crippen LogP contribution in [0.5, 0.6) is 0 Å². The van der Waals surface area contributed by atoms with Crippen molar-refractivity contribution >= 4 is 17.0 Å². The van der Waals surface area contributed by atoms with Gasteiger partial charge in [-0.3, -0.25) is 4.57 Å². The van der Waals surface area contributed by atoms with Crippen LogP contribution in [0.2, 0.25) is 0 Å². The van der Waals surface area contributed by atoms with Crippen LogP contribution < -0.4 is 0 Å². The molecule has 1 atom stereocenters. The average Bonchev–Trinajstić information content (AvgIpc) is 3.28. The molecule has 1 aromatic heterocycles. The fourth-order valence-electron chi connectivity index (χ4n) is 3.52. The van der Waals surface area contributed by atoms with Crippen molar-refractivity contribution in [2.75, 3.05) is 13.7 Å². The van der Waals surface area contributed by atoms with Crippen LogP contribution in [-0.2, 0) is 9.47 Å². The number of rotatable bonds is 3. The summed E-state index contributed by atoms with van der Waals surface area (Å²) in [4.78, 5) is 16.7. The molecule has 1 aliphatic rings. The number of methoxy groups -OCH3 is 1. The second-order valence-electron chi connectivity index (χ2n) is 6.38. The maximum absolute atomic E-state index is 13.7. The average molecular weight is 354 g/mol. The van der Waals surface area contributed by atoms with Crippen LogP contribution in [0.4, 0.5) is 4.39 Å². The third-order valence-corrected chi connectivity index (χ3v) is 4.81. The van der Waals surface area contributed by atoms with Crippen LogP contribution in [0.25, 0.3) is 16.7 Å². The number of benzene rings is 2. The Morgan fingerprint density at radius 1 is 1.35 bits per heavy atom. The minimum absolute atomic E-state index is 0.147. The number of carbonyl (C=O) groups is 1. The smallest absolute Gasteiger partial charge is 0.338 e. The lowest BCUT2D eigenvalue weighted by atomic mass is 10.1. The molecule has 2 aromatic carbocycles. The standard InChI is InChI=1S/C20H19FN2O3/c1-12-14(20(24)25-2)5-3-6-16(12)23-17-9-8-13(21)11-15(17)22-19(23)18-7-4-10-26-18/h3,5-6,8-9,11,18H,4,7,10H2,1-2H3. The van der Waals surface area contributed by atoms with Gasteiger partial charge in [0.15, 0.2) is 0 Å². The topological polar surface area (TPSA) is 53.4 Å². The van der Waals surface area contributed by atoms with Crippen LogP contribution in [0, 0.1) is 12.7 Å². The molecule has 0 aliphatic carbocycles. The first-order valence-electron chi connectivity index (χ1n) is 8.58. The van der Waals surface area contributed by atoms with E-state index in [4.69, 9.17) is 9.47 Å². The van der Waals surface area contributed by atoms with Crippen molar-refractivity contribution in [2.45, 2.75) is 25.9 Å². The highest BCUT2D eigenvalue weighted by Gasteiger charge is 2.26. The quantitative estimate of drug-likeness (QED) is 0.664. The summed E-state index contributed by atoms with van der Waals surface area (Å²) in [6.07, 6.45) is 1.68. The van der Waals surface area contributed by atoms with Gasteiger partial charge in [-0.05, 0) is 49.6 Å². The normalized spacial score (nSPS) is 17.0. The number of ether oxygens (including phenoxy) is 2. The van der Waals surface area contributed by atoms with Gasteiger partial charge < -0.3 is 9.47 Å². The van der Waals surface area contributed by atoms with Gasteiger partial charge in [0.05, 0.1) is 29.4 Å². The third-order valence-electron chi connectivity index (χ3n) is 4.81. The van der Waals surface area contributed by atoms with Crippen LogP contribution in [0.15, 0.2) is 36.4 Å². The van der Waals surface area contributed by atoms with Gasteiger partial charge in [-0.1, -0.05) is 6.07 Å². The van der Waals surface area contributed by atoms with Crippen LogP contribution >= 0.6 is 0 Å². The second-order valence-corrected chi connectivity index (χ2v) is 6.38. The number of halogens is 1. The monoisotopic (exact) mass is 354 g/mol. The number of imidazole rings is 1. The van der Waals surface area contributed by atoms with E-state index in [9.17, 15) is 9.18 Å². The van der Waals surface area contributed by atoms with E-state index in [0.29, 0.717) is 17.7 Å². The second kappa shape index (κ2) is 6.53. The first kappa shape index (κ1) is 16.7. The molecule has 0 amide bonds. The lowest BCUT2D eigenvalue weighted by Gasteiger charge is -2.17. The van der Waals surface area contributed by atoms with Crippen LogP contribution in [0.1, 0.15) is 40.7 Å². The predicted octanol–water partition coefficient (Wildman–Crippen LogP) is 4.11. The summed E-state index contributed by atoms with van der Waals surface area (Å²) in [5.74, 6) is 0.00720. The first-order valence-corrected chi connectivity index (χ1v) is 8.58. The van der Waals surface area contributed by atoms with E-state index in [-0.39, 0.29) is 11.9 Å². The Hall–Kier alpha value is -2.73. The molecule has 0 N–H and O–H groups in total. The van der Waals surface area contributed by atoms with Crippen molar-refractivity contribution in [3.05, 3.63) is 59.2 Å². The van der Waals surface area contributed by atoms with Crippen molar-refractivity contribution < 1.29 is 18.7 Å². The molecule has 0 saturated carbocycles. The summed E-state index contributed by atoms with van der Waals surface area (Å²) < 4.78 is 26.4. The lowest BCUT2D eigenvalue weighted by Crippen LogP contribution is -2.11. The maximum atomic E-state index is 13.7. The Balaban J connectivity index is 1.98. The van der Waals surface area contributed by atoms with E-state index >= 15 is 0 Å². The van der Waals surface area contributed by atoms with Gasteiger partial charge in [0.2, 0.25) is 0 Å². The highest BCUT2D eigenvalue weighted by atomic mass is 19.1. The SMILES string of the molecule is COC(=O)c1cccc(-n2c(C3CCCO3)nc3cc(F)ccc32)c1C. The van der Waals surface area contributed by atoms with E-state index in [1.165, 1.54) is 19.2 Å². The molecule has 1 saturated heterocycles. The zero-order valence-corrected chi connectivity index (χ0v) is 14.7. The van der Waals surface area contributed by atoms with E-state index < -0.39 is 5.97 Å². The van der Waals surface area contributed by atoms with E-state index in [0.717, 1.165) is 35.4 Å². The summed E-state index contributed by atoms with van der Waals surface area (Å²) in [6.45, 7) is 2.56. The zero-order valence-electron chi connectivity index (χ0n) is 14.7. The number of aromatic nitrogens is 2. The fraction of sp³-hybridized carbons (Fsp3) is 0.300. The third kappa shape index (κ3) is 2.66. The number of esters is 1. The maximum Gasteiger partial charge on any atom is 0.338 e. The van der Waals surface area contributed by atoms with Gasteiger partial charge in [-0.25, -0.2) is 14.2 Å². The number of carbonyl (C=O) groups excluding carboxylic acids is 1. The first-order chi connectivity index (χ1) is 12.6. The largest absolute Gasteiger partial charge is 0.465 e. The van der Waals surface area contributed by atoms with E-state index in [1.807, 2.05) is 23.6 Å². The Kier molecular flexibility index (Phi) is 4.20. The Morgan fingerprint density at radius 2 is 2.19 bits per heavy atom. The van der Waals surface area contributed by atoms with Crippen molar-refractivity contribution in [1.82, 2.24) is 9.55 Å². The lowest BCUT2D eigenvalue weighted by molar-refractivity contribution is 0.0600. The molecule has 1 fully saturated rings. The van der Waals surface area contributed by atoms with Crippen LogP contribution in [0.3, 0.4) is 0 Å². The van der Waals surface area contributed by atoms with Gasteiger partial charge >= 0.3 is 5.97 Å². The number of fused-ring (bicyclic) bond motifs is 1. The number of hydrogen-bond acceptors (Lipinski definition) is 4. The van der Waals surface area contributed by atoms with Crippen molar-refractivity contribution in [1.29, 1.82) is 0 Å². The minimum Gasteiger partial charge on any atom is -0.465 e. The Morgan fingerprint density at radius 3 is 2.92 bits per heavy atom. The molecule has 4 rings (SSSR count). The van der Waals surface area contributed by atoms with E-state index in [1.54, 1.807) is 12.1 Å². The van der Waals surface area contributed by atoms with Crippen LogP contribution in [-0.4, -0.2) is 29.2 Å². The molecule has 0 radical (unpaired) electrons. The molecule has 6 heteroatoms. The van der Waals surface area contributed by atoms with Gasteiger partial charge in [0.1, 0.15) is 17.7 Å². The predicted molar refractivity (Wildman–Crippen MR) is 95.0 cm³/mol. The Labute approximate surface area is 150 Å². The molecule has 0 spiro atoms. The molecular weight excluding hydrogens is 335 g/mol. The molecule has 26 heavy (non-hydrogen) atoms. The molecule has 2 heterocycles. The highest BCUT2D eigenvalue weighted by molar-refractivity contribution is 5.92.